The molecule has 4 rings (SSSR count). The summed E-state index contributed by atoms with van der Waals surface area (Å²) in [5.74, 6) is -0.216. The van der Waals surface area contributed by atoms with E-state index in [1.807, 2.05) is 36.0 Å². The van der Waals surface area contributed by atoms with Crippen LogP contribution in [0.2, 0.25) is 0 Å². The van der Waals surface area contributed by atoms with E-state index < -0.39 is 0 Å². The molecule has 0 radical (unpaired) electrons. The van der Waals surface area contributed by atoms with Gasteiger partial charge in [0.05, 0.1) is 24.3 Å². The summed E-state index contributed by atoms with van der Waals surface area (Å²) < 4.78 is 2.00. The molecule has 3 heterocycles. The summed E-state index contributed by atoms with van der Waals surface area (Å²) in [6.45, 7) is 1.54. The summed E-state index contributed by atoms with van der Waals surface area (Å²) in [5.41, 5.74) is 9.18. The Hall–Kier alpha value is -2.42. The summed E-state index contributed by atoms with van der Waals surface area (Å²) in [5, 5.41) is 12.8. The Labute approximate surface area is 149 Å². The average molecular weight is 354 g/mol. The van der Waals surface area contributed by atoms with E-state index in [4.69, 9.17) is 10.8 Å². The third-order valence-electron chi connectivity index (χ3n) is 4.13. The first-order valence-corrected chi connectivity index (χ1v) is 8.86. The third kappa shape index (κ3) is 2.68. The molecular formula is C17H18N6OS. The molecule has 0 aliphatic carbocycles. The zero-order valence-corrected chi connectivity index (χ0v) is 14.6. The molecule has 25 heavy (non-hydrogen) atoms. The van der Waals surface area contributed by atoms with Crippen molar-refractivity contribution >= 4 is 34.3 Å². The van der Waals surface area contributed by atoms with E-state index in [0.717, 1.165) is 50.9 Å². The van der Waals surface area contributed by atoms with Crippen LogP contribution in [0.1, 0.15) is 0 Å². The van der Waals surface area contributed by atoms with Gasteiger partial charge in [-0.05, 0) is 31.3 Å². The van der Waals surface area contributed by atoms with Gasteiger partial charge in [0.25, 0.3) is 0 Å². The minimum atomic E-state index is -0.216. The zero-order chi connectivity index (χ0) is 17.4. The monoisotopic (exact) mass is 354 g/mol. The highest BCUT2D eigenvalue weighted by molar-refractivity contribution is 7.99. The Kier molecular flexibility index (Phi) is 4.16. The SMILES string of the molecule is CNCCn1nc2c3c(c(NC(=O)CN)ccc31)Sc1ncccc1-2. The smallest absolute Gasteiger partial charge is 0.238 e. The van der Waals surface area contributed by atoms with Crippen molar-refractivity contribution in [3.05, 3.63) is 30.5 Å². The molecule has 0 saturated carbocycles. The van der Waals surface area contributed by atoms with Gasteiger partial charge in [0.2, 0.25) is 5.91 Å². The van der Waals surface area contributed by atoms with Crippen LogP contribution in [0, 0.1) is 0 Å². The van der Waals surface area contributed by atoms with Crippen molar-refractivity contribution < 1.29 is 4.79 Å². The van der Waals surface area contributed by atoms with E-state index >= 15 is 0 Å². The van der Waals surface area contributed by atoms with Gasteiger partial charge >= 0.3 is 0 Å². The van der Waals surface area contributed by atoms with Crippen LogP contribution in [0.25, 0.3) is 22.2 Å². The fourth-order valence-electron chi connectivity index (χ4n) is 2.97. The van der Waals surface area contributed by atoms with E-state index in [1.165, 1.54) is 0 Å². The number of rotatable bonds is 5. The average Bonchev–Trinajstić information content (AvgIpc) is 3.02. The number of hydrogen-bond acceptors (Lipinski definition) is 6. The molecule has 0 saturated heterocycles. The van der Waals surface area contributed by atoms with Crippen molar-refractivity contribution in [2.24, 2.45) is 5.73 Å². The predicted molar refractivity (Wildman–Crippen MR) is 98.7 cm³/mol. The summed E-state index contributed by atoms with van der Waals surface area (Å²) in [6.07, 6.45) is 1.77. The molecule has 8 heteroatoms. The van der Waals surface area contributed by atoms with Gasteiger partial charge in [0, 0.05) is 28.6 Å². The van der Waals surface area contributed by atoms with E-state index in [0.29, 0.717) is 0 Å². The summed E-state index contributed by atoms with van der Waals surface area (Å²) in [6, 6.07) is 7.86. The molecular weight excluding hydrogens is 336 g/mol. The Balaban J connectivity index is 1.94. The number of likely N-dealkylation sites (N-methyl/N-ethyl adjacent to an activating group) is 1. The predicted octanol–water partition coefficient (Wildman–Crippen LogP) is 1.68. The fraction of sp³-hybridized carbons (Fsp3) is 0.235. The Morgan fingerprint density at radius 2 is 2.24 bits per heavy atom. The van der Waals surface area contributed by atoms with Crippen LogP contribution in [-0.4, -0.2) is 40.8 Å². The minimum absolute atomic E-state index is 0.0503. The first-order chi connectivity index (χ1) is 12.2. The van der Waals surface area contributed by atoms with Gasteiger partial charge in [0.15, 0.2) is 0 Å². The fourth-order valence-corrected chi connectivity index (χ4v) is 4.09. The number of benzene rings is 1. The molecule has 1 aliphatic heterocycles. The molecule has 1 amide bonds. The van der Waals surface area contributed by atoms with Crippen LogP contribution in [0.3, 0.4) is 0 Å². The van der Waals surface area contributed by atoms with Crippen molar-refractivity contribution in [2.75, 3.05) is 25.5 Å². The van der Waals surface area contributed by atoms with Crippen molar-refractivity contribution in [3.63, 3.8) is 0 Å². The number of carbonyl (C=O) groups excluding carboxylic acids is 1. The number of carbonyl (C=O) groups is 1. The molecule has 0 bridgehead atoms. The number of amides is 1. The second kappa shape index (κ2) is 6.47. The number of pyridine rings is 1. The van der Waals surface area contributed by atoms with Crippen molar-refractivity contribution in [1.82, 2.24) is 20.1 Å². The van der Waals surface area contributed by atoms with Gasteiger partial charge in [-0.25, -0.2) is 4.98 Å². The maximum Gasteiger partial charge on any atom is 0.238 e. The molecule has 7 nitrogen and oxygen atoms in total. The van der Waals surface area contributed by atoms with Crippen LogP contribution in [0.15, 0.2) is 40.4 Å². The number of nitrogens with two attached hydrogens (primary N) is 1. The van der Waals surface area contributed by atoms with Crippen molar-refractivity contribution in [1.29, 1.82) is 0 Å². The lowest BCUT2D eigenvalue weighted by Crippen LogP contribution is -2.22. The number of nitrogens with zero attached hydrogens (tertiary/aromatic N) is 3. The number of hydrogen-bond donors (Lipinski definition) is 3. The van der Waals surface area contributed by atoms with Gasteiger partial charge < -0.3 is 16.4 Å². The molecule has 2 aromatic heterocycles. The van der Waals surface area contributed by atoms with E-state index in [-0.39, 0.29) is 12.5 Å². The Morgan fingerprint density at radius 3 is 3.04 bits per heavy atom. The van der Waals surface area contributed by atoms with Crippen LogP contribution in [0.5, 0.6) is 0 Å². The lowest BCUT2D eigenvalue weighted by atomic mass is 10.1. The second-order valence-electron chi connectivity index (χ2n) is 5.72. The lowest BCUT2D eigenvalue weighted by molar-refractivity contribution is -0.114. The van der Waals surface area contributed by atoms with Crippen molar-refractivity contribution in [2.45, 2.75) is 16.5 Å². The summed E-state index contributed by atoms with van der Waals surface area (Å²) in [7, 11) is 1.92. The van der Waals surface area contributed by atoms with Gasteiger partial charge in [-0.1, -0.05) is 11.8 Å². The van der Waals surface area contributed by atoms with Crippen LogP contribution in [0.4, 0.5) is 5.69 Å². The quantitative estimate of drug-likeness (QED) is 0.504. The van der Waals surface area contributed by atoms with Crippen molar-refractivity contribution in [3.8, 4) is 11.3 Å². The Morgan fingerprint density at radius 1 is 1.36 bits per heavy atom. The van der Waals surface area contributed by atoms with Crippen LogP contribution in [-0.2, 0) is 11.3 Å². The van der Waals surface area contributed by atoms with Gasteiger partial charge in [0.1, 0.15) is 10.7 Å². The number of aromatic nitrogens is 3. The normalized spacial score (nSPS) is 12.2. The molecule has 0 unspecified atom stereocenters. The maximum atomic E-state index is 11.8. The second-order valence-corrected chi connectivity index (χ2v) is 6.72. The standard InChI is InChI=1S/C17H18N6OS/c1-19-7-8-23-12-5-4-11(21-13(24)9-18)16-14(12)15(22-23)10-3-2-6-20-17(10)25-16/h2-6,19H,7-9,18H2,1H3,(H,21,24). The number of nitrogens with one attached hydrogen (secondary N) is 2. The lowest BCUT2D eigenvalue weighted by Gasteiger charge is -2.17. The van der Waals surface area contributed by atoms with E-state index in [9.17, 15) is 4.79 Å². The highest BCUT2D eigenvalue weighted by Gasteiger charge is 2.27. The first kappa shape index (κ1) is 16.1. The molecule has 1 aromatic carbocycles. The summed E-state index contributed by atoms with van der Waals surface area (Å²) in [4.78, 5) is 17.2. The highest BCUT2D eigenvalue weighted by atomic mass is 32.2. The van der Waals surface area contributed by atoms with Crippen LogP contribution < -0.4 is 16.4 Å². The molecule has 4 N–H and O–H groups in total. The Bertz CT molecular complexity index is 967. The third-order valence-corrected chi connectivity index (χ3v) is 5.28. The van der Waals surface area contributed by atoms with Gasteiger partial charge in [-0.2, -0.15) is 5.10 Å². The highest BCUT2D eigenvalue weighted by Crippen LogP contribution is 2.49. The van der Waals surface area contributed by atoms with Gasteiger partial charge in [-0.15, -0.1) is 0 Å². The minimum Gasteiger partial charge on any atom is -0.324 e. The number of anilines is 1. The topological polar surface area (TPSA) is 97.9 Å². The first-order valence-electron chi connectivity index (χ1n) is 8.04. The molecule has 0 atom stereocenters. The maximum absolute atomic E-state index is 11.8. The molecule has 1 aliphatic rings. The van der Waals surface area contributed by atoms with E-state index in [2.05, 4.69) is 15.6 Å². The van der Waals surface area contributed by atoms with Gasteiger partial charge in [-0.3, -0.25) is 9.48 Å². The van der Waals surface area contributed by atoms with E-state index in [1.54, 1.807) is 18.0 Å². The largest absolute Gasteiger partial charge is 0.324 e. The molecule has 0 spiro atoms. The molecule has 128 valence electrons. The summed E-state index contributed by atoms with van der Waals surface area (Å²) >= 11 is 1.56. The molecule has 3 aromatic rings. The molecule has 0 fully saturated rings. The van der Waals surface area contributed by atoms with Crippen LogP contribution >= 0.6 is 11.8 Å². The zero-order valence-electron chi connectivity index (χ0n) is 13.7. The number of fused-ring (bicyclic) bond motifs is 2.